The maximum Gasteiger partial charge on any atom is 0.418 e. The summed E-state index contributed by atoms with van der Waals surface area (Å²) in [5.41, 5.74) is 0.710. The highest BCUT2D eigenvalue weighted by Crippen LogP contribution is 2.57. The van der Waals surface area contributed by atoms with Crippen LogP contribution < -0.4 is 4.74 Å². The van der Waals surface area contributed by atoms with Crippen molar-refractivity contribution >= 4 is 27.8 Å². The van der Waals surface area contributed by atoms with E-state index in [-0.39, 0.29) is 53.7 Å². The number of fused-ring (bicyclic) bond motifs is 2. The van der Waals surface area contributed by atoms with Gasteiger partial charge in [0.25, 0.3) is 0 Å². The molecule has 4 aromatic rings. The Morgan fingerprint density at radius 3 is 2.65 bits per heavy atom. The maximum atomic E-state index is 14.6. The SMILES string of the molecule is CCOC(=O)CC(c1ccc(C)c(CN2CC(C)Oc3ccccc3S2(O)O)c1)c1ccc2c(nnn2C)c1C(F)(F)F. The number of carbonyl (C=O) groups is 1. The van der Waals surface area contributed by atoms with Crippen LogP contribution in [0.1, 0.15) is 54.0 Å². The molecule has 0 radical (unpaired) electrons. The quantitative estimate of drug-likeness (QED) is 0.221. The van der Waals surface area contributed by atoms with Gasteiger partial charge >= 0.3 is 12.1 Å². The lowest BCUT2D eigenvalue weighted by atomic mass is 9.83. The van der Waals surface area contributed by atoms with Crippen molar-refractivity contribution in [3.8, 4) is 5.75 Å². The number of para-hydroxylation sites is 1. The van der Waals surface area contributed by atoms with E-state index in [9.17, 15) is 27.1 Å². The average molecular weight is 619 g/mol. The van der Waals surface area contributed by atoms with Crippen LogP contribution in [0.3, 0.4) is 0 Å². The number of halogens is 3. The molecule has 2 unspecified atom stereocenters. The van der Waals surface area contributed by atoms with Gasteiger partial charge in [-0.2, -0.15) is 17.5 Å². The van der Waals surface area contributed by atoms with E-state index in [1.165, 1.54) is 28.2 Å². The lowest BCUT2D eigenvalue weighted by Gasteiger charge is -2.42. The first-order valence-electron chi connectivity index (χ1n) is 13.7. The first-order valence-corrected chi connectivity index (χ1v) is 15.2. The molecule has 1 aromatic heterocycles. The van der Waals surface area contributed by atoms with Crippen molar-refractivity contribution in [1.82, 2.24) is 19.3 Å². The number of ether oxygens (including phenoxy) is 2. The largest absolute Gasteiger partial charge is 0.487 e. The van der Waals surface area contributed by atoms with Crippen molar-refractivity contribution in [3.63, 3.8) is 0 Å². The van der Waals surface area contributed by atoms with Gasteiger partial charge in [-0.15, -0.1) is 15.9 Å². The van der Waals surface area contributed by atoms with Gasteiger partial charge in [0.1, 0.15) is 22.3 Å². The van der Waals surface area contributed by atoms with Gasteiger partial charge in [-0.3, -0.25) is 13.9 Å². The number of esters is 1. The molecule has 2 heterocycles. The van der Waals surface area contributed by atoms with Crippen molar-refractivity contribution in [2.45, 2.75) is 56.8 Å². The molecule has 230 valence electrons. The Labute approximate surface area is 248 Å². The second-order valence-electron chi connectivity index (χ2n) is 10.6. The summed E-state index contributed by atoms with van der Waals surface area (Å²) in [6.07, 6.45) is -5.50. The molecule has 5 rings (SSSR count). The van der Waals surface area contributed by atoms with E-state index >= 15 is 0 Å². The van der Waals surface area contributed by atoms with E-state index in [0.29, 0.717) is 16.9 Å². The third-order valence-electron chi connectivity index (χ3n) is 7.57. The van der Waals surface area contributed by atoms with Gasteiger partial charge < -0.3 is 9.47 Å². The van der Waals surface area contributed by atoms with E-state index in [2.05, 4.69) is 10.3 Å². The van der Waals surface area contributed by atoms with Crippen LogP contribution in [-0.4, -0.2) is 53.6 Å². The lowest BCUT2D eigenvalue weighted by molar-refractivity contribution is -0.144. The molecular formula is C30H33F3N4O5S. The number of hydrogen-bond acceptors (Lipinski definition) is 8. The number of aryl methyl sites for hydroxylation is 2. The summed E-state index contributed by atoms with van der Waals surface area (Å²) in [4.78, 5) is 13.0. The van der Waals surface area contributed by atoms with Gasteiger partial charge in [0.2, 0.25) is 0 Å². The van der Waals surface area contributed by atoms with Crippen LogP contribution in [0.25, 0.3) is 11.0 Å². The third kappa shape index (κ3) is 6.07. The molecule has 1 aliphatic rings. The van der Waals surface area contributed by atoms with Crippen molar-refractivity contribution in [2.24, 2.45) is 7.05 Å². The van der Waals surface area contributed by atoms with Crippen LogP contribution in [0.4, 0.5) is 13.2 Å². The molecule has 0 spiro atoms. The molecular weight excluding hydrogens is 585 g/mol. The summed E-state index contributed by atoms with van der Waals surface area (Å²) in [6.45, 7) is 5.63. The molecule has 2 atom stereocenters. The fourth-order valence-electron chi connectivity index (χ4n) is 5.48. The predicted molar refractivity (Wildman–Crippen MR) is 156 cm³/mol. The van der Waals surface area contributed by atoms with Gasteiger partial charge in [-0.25, -0.2) is 4.68 Å². The number of alkyl halides is 3. The number of nitrogens with zero attached hydrogens (tertiary/aromatic N) is 4. The van der Waals surface area contributed by atoms with Gasteiger partial charge in [-0.1, -0.05) is 41.6 Å². The zero-order valence-electron chi connectivity index (χ0n) is 24.1. The smallest absolute Gasteiger partial charge is 0.418 e. The van der Waals surface area contributed by atoms with Crippen molar-refractivity contribution in [3.05, 3.63) is 82.4 Å². The Kier molecular flexibility index (Phi) is 8.45. The highest BCUT2D eigenvalue weighted by Gasteiger charge is 2.40. The van der Waals surface area contributed by atoms with Crippen molar-refractivity contribution < 1.29 is 36.5 Å². The number of benzene rings is 3. The molecule has 0 saturated heterocycles. The molecule has 0 amide bonds. The first-order chi connectivity index (χ1) is 20.3. The summed E-state index contributed by atoms with van der Waals surface area (Å²) in [5.74, 6) is -1.29. The molecule has 2 N–H and O–H groups in total. The van der Waals surface area contributed by atoms with Gasteiger partial charge in [0.05, 0.1) is 30.7 Å². The molecule has 0 fully saturated rings. The Bertz CT molecular complexity index is 1660. The van der Waals surface area contributed by atoms with Crippen molar-refractivity contribution in [2.75, 3.05) is 13.2 Å². The molecule has 0 bridgehead atoms. The fraction of sp³-hybridized carbons (Fsp3) is 0.367. The van der Waals surface area contributed by atoms with Gasteiger partial charge in [0, 0.05) is 19.5 Å². The second kappa shape index (κ2) is 11.8. The minimum absolute atomic E-state index is 0.0749. The van der Waals surface area contributed by atoms with E-state index in [1.807, 2.05) is 13.8 Å². The first kappa shape index (κ1) is 30.8. The lowest BCUT2D eigenvalue weighted by Crippen LogP contribution is -2.33. The summed E-state index contributed by atoms with van der Waals surface area (Å²) < 4.78 is 80.5. The zero-order chi connectivity index (χ0) is 31.1. The summed E-state index contributed by atoms with van der Waals surface area (Å²) in [5, 5.41) is 7.58. The standard InChI is InChI=1S/C30H33F3N4O5S/c1-5-41-27(38)15-23(22-12-13-24-29(34-35-36(24)4)28(22)30(31,32)33)20-11-10-18(2)21(14-20)17-37-16-19(3)42-25-8-6-7-9-26(25)43(37,39)40/h6-14,19,23,39-40H,5,15-17H2,1-4H3. The van der Waals surface area contributed by atoms with Crippen LogP contribution in [0, 0.1) is 6.92 Å². The van der Waals surface area contributed by atoms with Gasteiger partial charge in [0.15, 0.2) is 0 Å². The van der Waals surface area contributed by atoms with E-state index in [4.69, 9.17) is 9.47 Å². The molecule has 43 heavy (non-hydrogen) atoms. The second-order valence-corrected chi connectivity index (χ2v) is 12.6. The zero-order valence-corrected chi connectivity index (χ0v) is 24.9. The highest BCUT2D eigenvalue weighted by atomic mass is 32.3. The monoisotopic (exact) mass is 618 g/mol. The normalized spacial score (nSPS) is 18.4. The minimum atomic E-state index is -4.78. The number of carbonyl (C=O) groups excluding carboxylic acids is 1. The van der Waals surface area contributed by atoms with Gasteiger partial charge in [-0.05, 0) is 61.2 Å². The van der Waals surface area contributed by atoms with Crippen LogP contribution >= 0.6 is 10.8 Å². The van der Waals surface area contributed by atoms with Crippen LogP contribution in [0.5, 0.6) is 5.75 Å². The van der Waals surface area contributed by atoms with Crippen LogP contribution in [-0.2, 0) is 29.3 Å². The van der Waals surface area contributed by atoms with E-state index < -0.39 is 34.4 Å². The third-order valence-corrected chi connectivity index (χ3v) is 9.49. The Hall–Kier alpha value is -3.65. The average Bonchev–Trinajstić information content (AvgIpc) is 3.28. The summed E-state index contributed by atoms with van der Waals surface area (Å²) in [7, 11) is -1.95. The Morgan fingerprint density at radius 1 is 1.19 bits per heavy atom. The minimum Gasteiger partial charge on any atom is -0.487 e. The number of aromatic nitrogens is 3. The molecule has 0 aliphatic carbocycles. The molecule has 9 nitrogen and oxygen atoms in total. The number of rotatable bonds is 7. The van der Waals surface area contributed by atoms with E-state index in [1.54, 1.807) is 49.4 Å². The molecule has 1 aliphatic heterocycles. The highest BCUT2D eigenvalue weighted by molar-refractivity contribution is 8.22. The summed E-state index contributed by atoms with van der Waals surface area (Å²) >= 11 is 0. The van der Waals surface area contributed by atoms with Crippen LogP contribution in [0.15, 0.2) is 59.5 Å². The molecule has 3 aromatic carbocycles. The fourth-order valence-corrected chi connectivity index (χ4v) is 7.14. The Balaban J connectivity index is 1.61. The van der Waals surface area contributed by atoms with Crippen molar-refractivity contribution in [1.29, 1.82) is 0 Å². The molecule has 0 saturated carbocycles. The maximum absolute atomic E-state index is 14.6. The topological polar surface area (TPSA) is 110 Å². The number of hydrogen-bond donors (Lipinski definition) is 2. The Morgan fingerprint density at radius 2 is 1.93 bits per heavy atom. The summed E-state index contributed by atoms with van der Waals surface area (Å²) in [6, 6.07) is 14.8. The van der Waals surface area contributed by atoms with E-state index in [0.717, 1.165) is 5.56 Å². The molecule has 13 heteroatoms. The van der Waals surface area contributed by atoms with Crippen LogP contribution in [0.2, 0.25) is 0 Å². The predicted octanol–water partition coefficient (Wildman–Crippen LogP) is 6.69.